The summed E-state index contributed by atoms with van der Waals surface area (Å²) in [7, 11) is 0. The van der Waals surface area contributed by atoms with Crippen LogP contribution in [0.5, 0.6) is 0 Å². The first-order chi connectivity index (χ1) is 13.9. The third-order valence-electron chi connectivity index (χ3n) is 5.17. The Labute approximate surface area is 171 Å². The smallest absolute Gasteiger partial charge is 0.325 e. The second kappa shape index (κ2) is 8.90. The largest absolute Gasteiger partial charge is 0.356 e. The number of hydrogen-bond acceptors (Lipinski definition) is 3. The van der Waals surface area contributed by atoms with Gasteiger partial charge in [-0.1, -0.05) is 60.7 Å². The molecule has 3 rings (SSSR count). The van der Waals surface area contributed by atoms with Gasteiger partial charge in [-0.05, 0) is 31.4 Å². The minimum absolute atomic E-state index is 0.0841. The number of carbonyl (C=O) groups is 3. The van der Waals surface area contributed by atoms with Gasteiger partial charge in [0.05, 0.1) is 0 Å². The summed E-state index contributed by atoms with van der Waals surface area (Å²) >= 11 is 0. The average molecular weight is 393 g/mol. The van der Waals surface area contributed by atoms with Crippen molar-refractivity contribution in [3.8, 4) is 0 Å². The summed E-state index contributed by atoms with van der Waals surface area (Å²) in [6.07, 6.45) is 0.854. The summed E-state index contributed by atoms with van der Waals surface area (Å²) in [5.41, 5.74) is 1.50. The first-order valence-corrected chi connectivity index (χ1v) is 9.89. The van der Waals surface area contributed by atoms with Crippen LogP contribution >= 0.6 is 0 Å². The molecule has 152 valence electrons. The zero-order chi connectivity index (χ0) is 20.9. The van der Waals surface area contributed by atoms with Crippen LogP contribution in [-0.4, -0.2) is 41.4 Å². The van der Waals surface area contributed by atoms with Crippen LogP contribution in [0.4, 0.5) is 4.79 Å². The molecule has 6 heteroatoms. The van der Waals surface area contributed by atoms with E-state index < -0.39 is 11.6 Å². The third-order valence-corrected chi connectivity index (χ3v) is 5.17. The molecule has 0 aliphatic carbocycles. The summed E-state index contributed by atoms with van der Waals surface area (Å²) in [6, 6.07) is 20.0. The Balaban J connectivity index is 1.53. The second-order valence-corrected chi connectivity index (χ2v) is 7.77. The van der Waals surface area contributed by atoms with Crippen molar-refractivity contribution in [1.82, 2.24) is 15.5 Å². The molecule has 1 fully saturated rings. The molecular formula is C23H27N3O3. The van der Waals surface area contributed by atoms with Crippen molar-refractivity contribution >= 4 is 17.8 Å². The van der Waals surface area contributed by atoms with E-state index in [0.717, 1.165) is 11.3 Å². The molecule has 0 spiro atoms. The Bertz CT molecular complexity index is 826. The third kappa shape index (κ3) is 5.02. The molecule has 1 aliphatic rings. The molecule has 0 aromatic heterocycles. The molecule has 2 N–H and O–H groups in total. The molecule has 2 aromatic carbocycles. The number of benzene rings is 2. The van der Waals surface area contributed by atoms with E-state index in [-0.39, 0.29) is 30.7 Å². The molecule has 29 heavy (non-hydrogen) atoms. The normalized spacial score (nSPS) is 15.5. The highest BCUT2D eigenvalue weighted by Crippen LogP contribution is 2.27. The van der Waals surface area contributed by atoms with Crippen molar-refractivity contribution in [2.24, 2.45) is 0 Å². The van der Waals surface area contributed by atoms with E-state index in [9.17, 15) is 14.4 Å². The van der Waals surface area contributed by atoms with Gasteiger partial charge in [0.1, 0.15) is 5.54 Å². The van der Waals surface area contributed by atoms with Gasteiger partial charge in [0.25, 0.3) is 5.91 Å². The van der Waals surface area contributed by atoms with Crippen molar-refractivity contribution in [3.05, 3.63) is 71.8 Å². The number of carbonyl (C=O) groups excluding carboxylic acids is 3. The van der Waals surface area contributed by atoms with E-state index in [1.165, 1.54) is 11.1 Å². The summed E-state index contributed by atoms with van der Waals surface area (Å²) in [5, 5.41) is 5.54. The summed E-state index contributed by atoms with van der Waals surface area (Å²) in [6.45, 7) is 3.90. The van der Waals surface area contributed by atoms with Gasteiger partial charge in [0, 0.05) is 25.4 Å². The maximum atomic E-state index is 12.2. The van der Waals surface area contributed by atoms with Gasteiger partial charge < -0.3 is 10.6 Å². The number of hydrogen-bond donors (Lipinski definition) is 2. The van der Waals surface area contributed by atoms with Gasteiger partial charge in [-0.25, -0.2) is 4.79 Å². The van der Waals surface area contributed by atoms with Crippen LogP contribution in [-0.2, 0) is 9.59 Å². The molecule has 1 aliphatic heterocycles. The Morgan fingerprint density at radius 1 is 1.00 bits per heavy atom. The molecule has 1 saturated heterocycles. The molecule has 0 bridgehead atoms. The Kier molecular flexibility index (Phi) is 6.32. The van der Waals surface area contributed by atoms with Gasteiger partial charge in [-0.3, -0.25) is 14.5 Å². The Morgan fingerprint density at radius 2 is 1.55 bits per heavy atom. The summed E-state index contributed by atoms with van der Waals surface area (Å²) in [5.74, 6) is -0.289. The van der Waals surface area contributed by atoms with Crippen LogP contribution < -0.4 is 10.6 Å². The van der Waals surface area contributed by atoms with Gasteiger partial charge in [-0.2, -0.15) is 0 Å². The topological polar surface area (TPSA) is 78.5 Å². The maximum Gasteiger partial charge on any atom is 0.325 e. The fourth-order valence-corrected chi connectivity index (χ4v) is 3.58. The number of urea groups is 1. The highest BCUT2D eigenvalue weighted by atomic mass is 16.2. The van der Waals surface area contributed by atoms with Crippen molar-refractivity contribution in [2.75, 3.05) is 13.1 Å². The van der Waals surface area contributed by atoms with E-state index >= 15 is 0 Å². The first kappa shape index (κ1) is 20.6. The van der Waals surface area contributed by atoms with E-state index in [0.29, 0.717) is 6.54 Å². The lowest BCUT2D eigenvalue weighted by molar-refractivity contribution is -0.130. The lowest BCUT2D eigenvalue weighted by Crippen LogP contribution is -2.40. The molecule has 2 aromatic rings. The number of imide groups is 1. The predicted molar refractivity (Wildman–Crippen MR) is 111 cm³/mol. The first-order valence-electron chi connectivity index (χ1n) is 9.89. The van der Waals surface area contributed by atoms with Crippen LogP contribution in [0.25, 0.3) is 0 Å². The fourth-order valence-electron chi connectivity index (χ4n) is 3.58. The SMILES string of the molecule is CC1(C)NC(=O)N(CCC(=O)NCCC(c2ccccc2)c2ccccc2)C1=O. The van der Waals surface area contributed by atoms with Gasteiger partial charge in [0.2, 0.25) is 5.91 Å². The number of nitrogens with zero attached hydrogens (tertiary/aromatic N) is 1. The zero-order valence-electron chi connectivity index (χ0n) is 16.9. The van der Waals surface area contributed by atoms with Gasteiger partial charge in [-0.15, -0.1) is 0 Å². The minimum Gasteiger partial charge on any atom is -0.356 e. The summed E-state index contributed by atoms with van der Waals surface area (Å²) < 4.78 is 0. The average Bonchev–Trinajstić information content (AvgIpc) is 2.91. The predicted octanol–water partition coefficient (Wildman–Crippen LogP) is 3.05. The van der Waals surface area contributed by atoms with Gasteiger partial charge in [0.15, 0.2) is 0 Å². The lowest BCUT2D eigenvalue weighted by Gasteiger charge is -2.19. The van der Waals surface area contributed by atoms with Crippen LogP contribution in [0.2, 0.25) is 0 Å². The Morgan fingerprint density at radius 3 is 2.03 bits per heavy atom. The van der Waals surface area contributed by atoms with Gasteiger partial charge >= 0.3 is 6.03 Å². The minimum atomic E-state index is -0.911. The Hall–Kier alpha value is -3.15. The molecule has 4 amide bonds. The highest BCUT2D eigenvalue weighted by Gasteiger charge is 2.43. The van der Waals surface area contributed by atoms with Crippen molar-refractivity contribution in [3.63, 3.8) is 0 Å². The van der Waals surface area contributed by atoms with E-state index in [1.54, 1.807) is 13.8 Å². The summed E-state index contributed by atoms with van der Waals surface area (Å²) in [4.78, 5) is 37.4. The molecule has 0 atom stereocenters. The van der Waals surface area contributed by atoms with E-state index in [1.807, 2.05) is 36.4 Å². The molecule has 1 heterocycles. The van der Waals surface area contributed by atoms with Crippen LogP contribution in [0.3, 0.4) is 0 Å². The number of nitrogens with one attached hydrogen (secondary N) is 2. The molecular weight excluding hydrogens is 366 g/mol. The van der Waals surface area contributed by atoms with Crippen molar-refractivity contribution in [2.45, 2.75) is 38.1 Å². The van der Waals surface area contributed by atoms with Crippen molar-refractivity contribution < 1.29 is 14.4 Å². The van der Waals surface area contributed by atoms with E-state index in [2.05, 4.69) is 34.9 Å². The fraction of sp³-hybridized carbons (Fsp3) is 0.348. The van der Waals surface area contributed by atoms with Crippen molar-refractivity contribution in [1.29, 1.82) is 0 Å². The van der Waals surface area contributed by atoms with E-state index in [4.69, 9.17) is 0 Å². The standard InChI is InChI=1S/C23H27N3O3/c1-23(2)21(28)26(22(29)25-23)16-14-20(27)24-15-13-19(17-9-5-3-6-10-17)18-11-7-4-8-12-18/h3-12,19H,13-16H2,1-2H3,(H,24,27)(H,25,29). The van der Waals surface area contributed by atoms with Crippen LogP contribution in [0.15, 0.2) is 60.7 Å². The molecule has 0 radical (unpaired) electrons. The lowest BCUT2D eigenvalue weighted by atomic mass is 9.88. The van der Waals surface area contributed by atoms with Crippen LogP contribution in [0.1, 0.15) is 43.7 Å². The molecule has 6 nitrogen and oxygen atoms in total. The zero-order valence-corrected chi connectivity index (χ0v) is 16.9. The quantitative estimate of drug-likeness (QED) is 0.677. The second-order valence-electron chi connectivity index (χ2n) is 7.77. The highest BCUT2D eigenvalue weighted by molar-refractivity contribution is 6.06. The number of amides is 4. The molecule has 0 saturated carbocycles. The monoisotopic (exact) mass is 393 g/mol. The van der Waals surface area contributed by atoms with Crippen LogP contribution in [0, 0.1) is 0 Å². The number of rotatable bonds is 8. The molecule has 0 unspecified atom stereocenters. The maximum absolute atomic E-state index is 12.2.